The average molecular weight is 198 g/mol. The number of likely N-dealkylation sites (tertiary alicyclic amines) is 1. The molecular weight excluding hydrogens is 172 g/mol. The molecule has 1 heterocycles. The van der Waals surface area contributed by atoms with Crippen molar-refractivity contribution in [1.29, 1.82) is 0 Å². The minimum atomic E-state index is 0.689. The molecule has 0 bridgehead atoms. The van der Waals surface area contributed by atoms with Crippen LogP contribution < -0.4 is 5.32 Å². The molecule has 1 rings (SSSR count). The summed E-state index contributed by atoms with van der Waals surface area (Å²) in [5, 5.41) is 3.39. The van der Waals surface area contributed by atoms with E-state index in [0.29, 0.717) is 6.04 Å². The number of hydrogen-bond acceptors (Lipinski definition) is 2. The largest absolute Gasteiger partial charge is 0.316 e. The van der Waals surface area contributed by atoms with Crippen molar-refractivity contribution >= 4 is 0 Å². The van der Waals surface area contributed by atoms with E-state index in [-0.39, 0.29) is 0 Å². The summed E-state index contributed by atoms with van der Waals surface area (Å²) in [6, 6.07) is 0.689. The summed E-state index contributed by atoms with van der Waals surface area (Å²) in [4.78, 5) is 2.64. The highest BCUT2D eigenvalue weighted by molar-refractivity contribution is 4.70. The number of hydrogen-bond donors (Lipinski definition) is 1. The second-order valence-electron chi connectivity index (χ2n) is 4.46. The van der Waals surface area contributed by atoms with Gasteiger partial charge in [0.05, 0.1) is 0 Å². The van der Waals surface area contributed by atoms with Crippen molar-refractivity contribution in [3.8, 4) is 0 Å². The van der Waals surface area contributed by atoms with Crippen LogP contribution in [-0.4, -0.2) is 37.6 Å². The summed E-state index contributed by atoms with van der Waals surface area (Å²) in [5.74, 6) is 0. The fourth-order valence-electron chi connectivity index (χ4n) is 2.23. The van der Waals surface area contributed by atoms with Gasteiger partial charge in [0.1, 0.15) is 0 Å². The maximum absolute atomic E-state index is 3.39. The summed E-state index contributed by atoms with van der Waals surface area (Å²) in [5.41, 5.74) is 0. The first-order chi connectivity index (χ1) is 6.86. The topological polar surface area (TPSA) is 15.3 Å². The van der Waals surface area contributed by atoms with Crippen molar-refractivity contribution in [3.05, 3.63) is 0 Å². The zero-order chi connectivity index (χ0) is 10.2. The number of rotatable bonds is 4. The number of nitrogens with one attached hydrogen (secondary N) is 1. The highest BCUT2D eigenvalue weighted by atomic mass is 15.1. The van der Waals surface area contributed by atoms with E-state index < -0.39 is 0 Å². The monoisotopic (exact) mass is 198 g/mol. The highest BCUT2D eigenvalue weighted by Crippen LogP contribution is 2.10. The Morgan fingerprint density at radius 2 is 1.64 bits per heavy atom. The molecular formula is C12H26N2. The lowest BCUT2D eigenvalue weighted by Gasteiger charge is -2.28. The van der Waals surface area contributed by atoms with Gasteiger partial charge in [-0.25, -0.2) is 0 Å². The van der Waals surface area contributed by atoms with Crippen LogP contribution in [0.25, 0.3) is 0 Å². The van der Waals surface area contributed by atoms with E-state index in [1.54, 1.807) is 0 Å². The second kappa shape index (κ2) is 7.24. The van der Waals surface area contributed by atoms with Gasteiger partial charge in [-0.1, -0.05) is 26.2 Å². The Morgan fingerprint density at radius 3 is 2.14 bits per heavy atom. The van der Waals surface area contributed by atoms with Crippen LogP contribution >= 0.6 is 0 Å². The van der Waals surface area contributed by atoms with Crippen LogP contribution in [-0.2, 0) is 0 Å². The van der Waals surface area contributed by atoms with Gasteiger partial charge in [0, 0.05) is 12.6 Å². The molecule has 0 aromatic rings. The van der Waals surface area contributed by atoms with Crippen LogP contribution in [0, 0.1) is 0 Å². The lowest BCUT2D eigenvalue weighted by Crippen LogP contribution is -2.40. The van der Waals surface area contributed by atoms with Crippen molar-refractivity contribution in [1.82, 2.24) is 10.2 Å². The second-order valence-corrected chi connectivity index (χ2v) is 4.46. The molecule has 1 aliphatic heterocycles. The highest BCUT2D eigenvalue weighted by Gasteiger charge is 2.11. The Morgan fingerprint density at radius 1 is 1.07 bits per heavy atom. The van der Waals surface area contributed by atoms with E-state index in [1.807, 2.05) is 0 Å². The van der Waals surface area contributed by atoms with Gasteiger partial charge >= 0.3 is 0 Å². The van der Waals surface area contributed by atoms with Gasteiger partial charge < -0.3 is 10.2 Å². The molecule has 1 N–H and O–H groups in total. The normalized spacial score (nSPS) is 22.7. The zero-order valence-electron chi connectivity index (χ0n) is 9.89. The molecule has 1 fully saturated rings. The predicted octanol–water partition coefficient (Wildman–Crippen LogP) is 2.25. The van der Waals surface area contributed by atoms with Gasteiger partial charge in [-0.05, 0) is 39.4 Å². The zero-order valence-corrected chi connectivity index (χ0v) is 9.89. The van der Waals surface area contributed by atoms with Gasteiger partial charge in [0.25, 0.3) is 0 Å². The van der Waals surface area contributed by atoms with Crippen LogP contribution in [0.2, 0.25) is 0 Å². The van der Waals surface area contributed by atoms with Crippen molar-refractivity contribution < 1.29 is 0 Å². The molecule has 0 radical (unpaired) electrons. The molecule has 1 aliphatic rings. The summed E-state index contributed by atoms with van der Waals surface area (Å²) >= 11 is 0. The smallest absolute Gasteiger partial charge is 0.0189 e. The van der Waals surface area contributed by atoms with Gasteiger partial charge in [0.15, 0.2) is 0 Å². The molecule has 0 amide bonds. The quantitative estimate of drug-likeness (QED) is 0.745. The van der Waals surface area contributed by atoms with E-state index in [4.69, 9.17) is 0 Å². The molecule has 2 nitrogen and oxygen atoms in total. The lowest BCUT2D eigenvalue weighted by molar-refractivity contribution is 0.222. The Hall–Kier alpha value is -0.0800. The predicted molar refractivity (Wildman–Crippen MR) is 62.7 cm³/mol. The summed E-state index contributed by atoms with van der Waals surface area (Å²) in [6.07, 6.45) is 8.38. The molecule has 0 aromatic carbocycles. The standard InChI is InChI=1S/C12H26N2/c1-3-12(13-2)11-14-9-7-5-4-6-8-10-14/h12-13H,3-11H2,1-2H3. The number of likely N-dealkylation sites (N-methyl/N-ethyl adjacent to an activating group) is 1. The average Bonchev–Trinajstić information content (AvgIpc) is 2.16. The third-order valence-corrected chi connectivity index (χ3v) is 3.33. The van der Waals surface area contributed by atoms with E-state index in [0.717, 1.165) is 0 Å². The van der Waals surface area contributed by atoms with E-state index in [9.17, 15) is 0 Å². The summed E-state index contributed by atoms with van der Waals surface area (Å²) in [6.45, 7) is 6.15. The molecule has 1 unspecified atom stereocenters. The first-order valence-corrected chi connectivity index (χ1v) is 6.26. The fraction of sp³-hybridized carbons (Fsp3) is 1.00. The third kappa shape index (κ3) is 4.43. The summed E-state index contributed by atoms with van der Waals surface area (Å²) in [7, 11) is 2.08. The van der Waals surface area contributed by atoms with E-state index >= 15 is 0 Å². The SMILES string of the molecule is CCC(CN1CCCCCCC1)NC. The summed E-state index contributed by atoms with van der Waals surface area (Å²) < 4.78 is 0. The van der Waals surface area contributed by atoms with Gasteiger partial charge in [-0.3, -0.25) is 0 Å². The van der Waals surface area contributed by atoms with Gasteiger partial charge in [-0.2, -0.15) is 0 Å². The first kappa shape index (κ1) is 12.0. The van der Waals surface area contributed by atoms with Gasteiger partial charge in [0.2, 0.25) is 0 Å². The Bertz CT molecular complexity index is 124. The Balaban J connectivity index is 2.25. The van der Waals surface area contributed by atoms with Crippen LogP contribution in [0.3, 0.4) is 0 Å². The van der Waals surface area contributed by atoms with Crippen LogP contribution in [0.15, 0.2) is 0 Å². The maximum atomic E-state index is 3.39. The minimum Gasteiger partial charge on any atom is -0.316 e. The molecule has 0 saturated carbocycles. The molecule has 0 spiro atoms. The van der Waals surface area contributed by atoms with Crippen molar-refractivity contribution in [2.24, 2.45) is 0 Å². The minimum absolute atomic E-state index is 0.689. The molecule has 14 heavy (non-hydrogen) atoms. The maximum Gasteiger partial charge on any atom is 0.0189 e. The fourth-order valence-corrected chi connectivity index (χ4v) is 2.23. The number of nitrogens with zero attached hydrogens (tertiary/aromatic N) is 1. The van der Waals surface area contributed by atoms with Crippen LogP contribution in [0.1, 0.15) is 45.4 Å². The van der Waals surface area contributed by atoms with E-state index in [1.165, 1.54) is 58.2 Å². The van der Waals surface area contributed by atoms with Crippen LogP contribution in [0.4, 0.5) is 0 Å². The third-order valence-electron chi connectivity index (χ3n) is 3.33. The Kier molecular flexibility index (Phi) is 6.20. The van der Waals surface area contributed by atoms with Crippen molar-refractivity contribution in [2.45, 2.75) is 51.5 Å². The van der Waals surface area contributed by atoms with Crippen molar-refractivity contribution in [2.75, 3.05) is 26.7 Å². The molecule has 0 aromatic heterocycles. The molecule has 2 heteroatoms. The molecule has 0 aliphatic carbocycles. The van der Waals surface area contributed by atoms with E-state index in [2.05, 4.69) is 24.2 Å². The molecule has 84 valence electrons. The van der Waals surface area contributed by atoms with Crippen LogP contribution in [0.5, 0.6) is 0 Å². The van der Waals surface area contributed by atoms with Gasteiger partial charge in [-0.15, -0.1) is 0 Å². The molecule has 1 atom stereocenters. The van der Waals surface area contributed by atoms with Crippen molar-refractivity contribution in [3.63, 3.8) is 0 Å². The Labute approximate surface area is 89.1 Å². The molecule has 1 saturated heterocycles. The lowest BCUT2D eigenvalue weighted by atomic mass is 10.1. The first-order valence-electron chi connectivity index (χ1n) is 6.26.